The van der Waals surface area contributed by atoms with E-state index in [9.17, 15) is 0 Å². The monoisotopic (exact) mass is 215 g/mol. The highest BCUT2D eigenvalue weighted by molar-refractivity contribution is 4.42. The predicted molar refractivity (Wildman–Crippen MR) is 65.0 cm³/mol. The van der Waals surface area contributed by atoms with E-state index in [1.54, 1.807) is 0 Å². The van der Waals surface area contributed by atoms with Gasteiger partial charge in [0.1, 0.15) is 0 Å². The van der Waals surface area contributed by atoms with Gasteiger partial charge in [-0.05, 0) is 12.8 Å². The molecule has 15 heavy (non-hydrogen) atoms. The van der Waals surface area contributed by atoms with Gasteiger partial charge in [-0.25, -0.2) is 0 Å². The van der Waals surface area contributed by atoms with Crippen molar-refractivity contribution in [3.05, 3.63) is 6.92 Å². The highest BCUT2D eigenvalue weighted by atomic mass is 16.5. The van der Waals surface area contributed by atoms with Gasteiger partial charge < -0.3 is 9.47 Å². The van der Waals surface area contributed by atoms with Gasteiger partial charge in [0.2, 0.25) is 0 Å². The van der Waals surface area contributed by atoms with Gasteiger partial charge in [0.25, 0.3) is 0 Å². The number of ether oxygens (including phenoxy) is 2. The summed E-state index contributed by atoms with van der Waals surface area (Å²) in [5.74, 6) is 0. The zero-order valence-corrected chi connectivity index (χ0v) is 10.3. The van der Waals surface area contributed by atoms with E-state index >= 15 is 0 Å². The first-order valence-corrected chi connectivity index (χ1v) is 6.36. The summed E-state index contributed by atoms with van der Waals surface area (Å²) in [6.45, 7) is 9.25. The Balaban J connectivity index is 2.81. The van der Waals surface area contributed by atoms with Crippen LogP contribution in [0.3, 0.4) is 0 Å². The van der Waals surface area contributed by atoms with Crippen LogP contribution in [0.4, 0.5) is 0 Å². The van der Waals surface area contributed by atoms with Crippen molar-refractivity contribution >= 4 is 0 Å². The third kappa shape index (κ3) is 13.9. The Morgan fingerprint density at radius 2 is 1.33 bits per heavy atom. The van der Waals surface area contributed by atoms with Crippen molar-refractivity contribution in [1.29, 1.82) is 0 Å². The second-order valence-electron chi connectivity index (χ2n) is 3.85. The smallest absolute Gasteiger partial charge is 0.0700 e. The topological polar surface area (TPSA) is 18.5 Å². The molecule has 2 nitrogen and oxygen atoms in total. The largest absolute Gasteiger partial charge is 0.379 e. The van der Waals surface area contributed by atoms with Crippen molar-refractivity contribution < 1.29 is 9.47 Å². The maximum atomic E-state index is 5.45. The molecular weight excluding hydrogens is 188 g/mol. The Labute approximate surface area is 95.3 Å². The molecule has 0 aliphatic rings. The molecule has 0 aromatic rings. The van der Waals surface area contributed by atoms with Gasteiger partial charge in [0, 0.05) is 13.2 Å². The first kappa shape index (κ1) is 14.9. The Morgan fingerprint density at radius 3 is 1.87 bits per heavy atom. The first-order chi connectivity index (χ1) is 7.41. The van der Waals surface area contributed by atoms with Crippen LogP contribution in [0.2, 0.25) is 0 Å². The normalized spacial score (nSPS) is 10.8. The molecule has 0 aromatic heterocycles. The maximum Gasteiger partial charge on any atom is 0.0700 e. The van der Waals surface area contributed by atoms with Crippen molar-refractivity contribution in [1.82, 2.24) is 0 Å². The second-order valence-corrected chi connectivity index (χ2v) is 3.85. The summed E-state index contributed by atoms with van der Waals surface area (Å²) in [6, 6.07) is 0. The number of hydrogen-bond acceptors (Lipinski definition) is 2. The molecule has 0 atom stereocenters. The summed E-state index contributed by atoms with van der Waals surface area (Å²) in [6.07, 6.45) is 8.39. The van der Waals surface area contributed by atoms with Crippen molar-refractivity contribution in [2.24, 2.45) is 0 Å². The van der Waals surface area contributed by atoms with Gasteiger partial charge in [0.05, 0.1) is 13.2 Å². The molecule has 91 valence electrons. The zero-order valence-electron chi connectivity index (χ0n) is 10.3. The fourth-order valence-electron chi connectivity index (χ4n) is 1.33. The Kier molecular flexibility index (Phi) is 13.8. The molecule has 0 unspecified atom stereocenters. The van der Waals surface area contributed by atoms with E-state index < -0.39 is 0 Å². The molecule has 0 spiro atoms. The standard InChI is InChI=1S/C13H27O2/c1-3-5-7-9-11-15-13-12-14-10-8-6-4-2/h2-13H2,1H3. The lowest BCUT2D eigenvalue weighted by molar-refractivity contribution is 0.0451. The Bertz CT molecular complexity index is 92.7. The molecule has 0 fully saturated rings. The molecule has 0 aliphatic carbocycles. The van der Waals surface area contributed by atoms with Crippen LogP contribution in [-0.4, -0.2) is 26.4 Å². The lowest BCUT2D eigenvalue weighted by Gasteiger charge is -2.05. The highest BCUT2D eigenvalue weighted by Gasteiger charge is 1.91. The van der Waals surface area contributed by atoms with Crippen LogP contribution in [0.1, 0.15) is 51.9 Å². The van der Waals surface area contributed by atoms with Gasteiger partial charge in [0.15, 0.2) is 0 Å². The molecule has 0 heterocycles. The number of rotatable bonds is 12. The molecule has 0 N–H and O–H groups in total. The minimum absolute atomic E-state index is 0.741. The van der Waals surface area contributed by atoms with Crippen LogP contribution < -0.4 is 0 Å². The van der Waals surface area contributed by atoms with Gasteiger partial charge in [-0.1, -0.05) is 46.0 Å². The first-order valence-electron chi connectivity index (χ1n) is 6.36. The van der Waals surface area contributed by atoms with Gasteiger partial charge in [-0.2, -0.15) is 0 Å². The van der Waals surface area contributed by atoms with Crippen LogP contribution in [0.15, 0.2) is 0 Å². The third-order valence-corrected chi connectivity index (χ3v) is 2.30. The Hall–Kier alpha value is -0.0800. The molecule has 1 radical (unpaired) electrons. The average molecular weight is 215 g/mol. The molecule has 0 aliphatic heterocycles. The highest BCUT2D eigenvalue weighted by Crippen LogP contribution is 1.98. The quantitative estimate of drug-likeness (QED) is 0.463. The lowest BCUT2D eigenvalue weighted by atomic mass is 10.2. The van der Waals surface area contributed by atoms with E-state index in [2.05, 4.69) is 13.8 Å². The van der Waals surface area contributed by atoms with Gasteiger partial charge >= 0.3 is 0 Å². The van der Waals surface area contributed by atoms with Crippen LogP contribution in [-0.2, 0) is 9.47 Å². The Morgan fingerprint density at radius 1 is 0.733 bits per heavy atom. The average Bonchev–Trinajstić information content (AvgIpc) is 2.26. The van der Waals surface area contributed by atoms with Crippen molar-refractivity contribution in [2.75, 3.05) is 26.4 Å². The van der Waals surface area contributed by atoms with Crippen molar-refractivity contribution in [3.63, 3.8) is 0 Å². The SMILES string of the molecule is [CH2]CCCCOCCOCCCCCC. The summed E-state index contributed by atoms with van der Waals surface area (Å²) in [5, 5.41) is 0. The van der Waals surface area contributed by atoms with E-state index in [0.29, 0.717) is 0 Å². The maximum absolute atomic E-state index is 5.45. The van der Waals surface area contributed by atoms with Crippen LogP contribution in [0.5, 0.6) is 0 Å². The molecule has 0 bridgehead atoms. The molecular formula is C13H27O2. The van der Waals surface area contributed by atoms with Crippen LogP contribution in [0, 0.1) is 6.92 Å². The van der Waals surface area contributed by atoms with Crippen molar-refractivity contribution in [3.8, 4) is 0 Å². The number of hydrogen-bond donors (Lipinski definition) is 0. The number of unbranched alkanes of at least 4 members (excludes halogenated alkanes) is 5. The summed E-state index contributed by atoms with van der Waals surface area (Å²) >= 11 is 0. The summed E-state index contributed by atoms with van der Waals surface area (Å²) in [7, 11) is 0. The molecule has 0 rings (SSSR count). The van der Waals surface area contributed by atoms with Gasteiger partial charge in [-0.3, -0.25) is 0 Å². The van der Waals surface area contributed by atoms with E-state index in [0.717, 1.165) is 45.7 Å². The third-order valence-electron chi connectivity index (χ3n) is 2.30. The summed E-state index contributed by atoms with van der Waals surface area (Å²) in [5.41, 5.74) is 0. The van der Waals surface area contributed by atoms with Crippen LogP contribution >= 0.6 is 0 Å². The minimum Gasteiger partial charge on any atom is -0.379 e. The van der Waals surface area contributed by atoms with E-state index in [-0.39, 0.29) is 0 Å². The second kappa shape index (κ2) is 13.9. The van der Waals surface area contributed by atoms with Crippen LogP contribution in [0.25, 0.3) is 0 Å². The fourth-order valence-corrected chi connectivity index (χ4v) is 1.33. The summed E-state index contributed by atoms with van der Waals surface area (Å²) in [4.78, 5) is 0. The molecule has 0 amide bonds. The summed E-state index contributed by atoms with van der Waals surface area (Å²) < 4.78 is 10.9. The zero-order chi connectivity index (χ0) is 11.2. The van der Waals surface area contributed by atoms with Gasteiger partial charge in [-0.15, -0.1) is 0 Å². The minimum atomic E-state index is 0.741. The van der Waals surface area contributed by atoms with E-state index in [1.165, 1.54) is 25.7 Å². The molecule has 0 saturated heterocycles. The fraction of sp³-hybridized carbons (Fsp3) is 0.923. The predicted octanol–water partition coefficient (Wildman–Crippen LogP) is 3.60. The van der Waals surface area contributed by atoms with Crippen molar-refractivity contribution in [2.45, 2.75) is 51.9 Å². The molecule has 2 heteroatoms. The molecule has 0 aromatic carbocycles. The van der Waals surface area contributed by atoms with E-state index in [1.807, 2.05) is 0 Å². The van der Waals surface area contributed by atoms with E-state index in [4.69, 9.17) is 9.47 Å². The lowest BCUT2D eigenvalue weighted by Crippen LogP contribution is -2.06. The molecule has 0 saturated carbocycles.